The molecule has 0 aliphatic carbocycles. The van der Waals surface area contributed by atoms with Crippen LogP contribution < -0.4 is 10.6 Å². The molecule has 0 radical (unpaired) electrons. The van der Waals surface area contributed by atoms with E-state index in [4.69, 9.17) is 4.74 Å². The van der Waals surface area contributed by atoms with E-state index in [1.54, 1.807) is 42.5 Å². The van der Waals surface area contributed by atoms with E-state index in [1.807, 2.05) is 18.2 Å². The number of aliphatic hydroxyl groups excluding tert-OH is 1. The molecule has 9 nitrogen and oxygen atoms in total. The number of carbonyl (C=O) groups is 3. The van der Waals surface area contributed by atoms with Crippen LogP contribution in [0.25, 0.3) is 0 Å². The first-order valence-electron chi connectivity index (χ1n) is 9.93. The lowest BCUT2D eigenvalue weighted by molar-refractivity contribution is -0.142. The second-order valence-electron chi connectivity index (χ2n) is 6.91. The molecule has 0 aromatic heterocycles. The first-order valence-corrected chi connectivity index (χ1v) is 11.2. The van der Waals surface area contributed by atoms with Crippen LogP contribution in [0.5, 0.6) is 0 Å². The standard InChI is InChI=1S/C22H26N2O7S/c25-17(14-23-22(29)31-15-16-7-3-1-4-8-16)13-20(26)24-19(21(27)28)11-12-32(30)18-9-5-2-6-10-18/h1-10,17,19,25H,11-15H2,(H,23,29)(H,24,26)(H,27,28)/t17-,19-,32+/m1/s1. The number of hydrogen-bond donors (Lipinski definition) is 4. The average Bonchev–Trinajstić information content (AvgIpc) is 2.79. The van der Waals surface area contributed by atoms with E-state index in [0.717, 1.165) is 5.56 Å². The Balaban J connectivity index is 1.70. The molecule has 0 fully saturated rings. The Morgan fingerprint density at radius 3 is 2.25 bits per heavy atom. The second kappa shape index (κ2) is 13.2. The lowest BCUT2D eigenvalue weighted by Gasteiger charge is -2.16. The van der Waals surface area contributed by atoms with Gasteiger partial charge in [-0.05, 0) is 24.1 Å². The Morgan fingerprint density at radius 2 is 1.62 bits per heavy atom. The zero-order chi connectivity index (χ0) is 23.3. The van der Waals surface area contributed by atoms with Gasteiger partial charge in [0.2, 0.25) is 5.91 Å². The molecule has 32 heavy (non-hydrogen) atoms. The molecular formula is C22H26N2O7S. The summed E-state index contributed by atoms with van der Waals surface area (Å²) in [6, 6.07) is 16.4. The summed E-state index contributed by atoms with van der Waals surface area (Å²) in [6.45, 7) is -0.176. The van der Waals surface area contributed by atoms with E-state index < -0.39 is 47.3 Å². The third kappa shape index (κ3) is 9.27. The quantitative estimate of drug-likeness (QED) is 0.374. The molecule has 0 aliphatic heterocycles. The third-order valence-corrected chi connectivity index (χ3v) is 5.75. The van der Waals surface area contributed by atoms with Crippen molar-refractivity contribution in [1.82, 2.24) is 10.6 Å². The van der Waals surface area contributed by atoms with Crippen molar-refractivity contribution < 1.29 is 33.5 Å². The van der Waals surface area contributed by atoms with Gasteiger partial charge in [0, 0.05) is 17.2 Å². The van der Waals surface area contributed by atoms with E-state index in [9.17, 15) is 28.8 Å². The molecule has 4 N–H and O–H groups in total. The molecule has 0 spiro atoms. The molecule has 0 bridgehead atoms. The maximum atomic E-state index is 12.2. The predicted octanol–water partition coefficient (Wildman–Crippen LogP) is 1.43. The molecule has 3 atom stereocenters. The fraction of sp³-hybridized carbons (Fsp3) is 0.318. The highest BCUT2D eigenvalue weighted by molar-refractivity contribution is 7.85. The summed E-state index contributed by atoms with van der Waals surface area (Å²) in [5.41, 5.74) is 0.801. The van der Waals surface area contributed by atoms with Crippen LogP contribution in [-0.4, -0.2) is 56.8 Å². The van der Waals surface area contributed by atoms with E-state index in [-0.39, 0.29) is 25.3 Å². The molecule has 2 aromatic carbocycles. The van der Waals surface area contributed by atoms with Crippen molar-refractivity contribution in [2.75, 3.05) is 12.3 Å². The van der Waals surface area contributed by atoms with Crippen molar-refractivity contribution in [3.8, 4) is 0 Å². The summed E-state index contributed by atoms with van der Waals surface area (Å²) < 4.78 is 17.2. The molecule has 2 rings (SSSR count). The van der Waals surface area contributed by atoms with Gasteiger partial charge in [-0.3, -0.25) is 9.00 Å². The number of carboxylic acids is 1. The number of ether oxygens (including phenoxy) is 1. The van der Waals surface area contributed by atoms with Gasteiger partial charge in [-0.1, -0.05) is 48.5 Å². The van der Waals surface area contributed by atoms with Crippen molar-refractivity contribution in [1.29, 1.82) is 0 Å². The first kappa shape index (κ1) is 25.0. The molecule has 172 valence electrons. The van der Waals surface area contributed by atoms with Gasteiger partial charge in [0.25, 0.3) is 0 Å². The summed E-state index contributed by atoms with van der Waals surface area (Å²) in [4.78, 5) is 35.8. The zero-order valence-electron chi connectivity index (χ0n) is 17.3. The number of carbonyl (C=O) groups excluding carboxylic acids is 2. The number of aliphatic hydroxyl groups is 1. The van der Waals surface area contributed by atoms with Crippen LogP contribution in [0.2, 0.25) is 0 Å². The maximum absolute atomic E-state index is 12.2. The highest BCUT2D eigenvalue weighted by Gasteiger charge is 2.22. The van der Waals surface area contributed by atoms with Gasteiger partial charge in [-0.2, -0.15) is 0 Å². The Kier molecular flexibility index (Phi) is 10.3. The normalized spacial score (nSPS) is 13.4. The lowest BCUT2D eigenvalue weighted by Crippen LogP contribution is -2.44. The highest BCUT2D eigenvalue weighted by atomic mass is 32.2. The summed E-state index contributed by atoms with van der Waals surface area (Å²) in [6.07, 6.45) is -2.43. The number of alkyl carbamates (subject to hydrolysis) is 1. The molecule has 0 aliphatic rings. The summed E-state index contributed by atoms with van der Waals surface area (Å²) in [7, 11) is -1.40. The van der Waals surface area contributed by atoms with E-state index in [1.165, 1.54) is 0 Å². The first-order chi connectivity index (χ1) is 15.3. The third-order valence-electron chi connectivity index (χ3n) is 4.35. The number of amides is 2. The Morgan fingerprint density at radius 1 is 1.00 bits per heavy atom. The Labute approximate surface area is 188 Å². The van der Waals surface area contributed by atoms with Crippen LogP contribution in [0.15, 0.2) is 65.6 Å². The summed E-state index contributed by atoms with van der Waals surface area (Å²) in [5, 5.41) is 23.9. The SMILES string of the molecule is O=C(C[C@@H](O)CNC(=O)OCc1ccccc1)N[C@H](CC[S@](=O)c1ccccc1)C(=O)O. The molecule has 2 amide bonds. The van der Waals surface area contributed by atoms with Crippen LogP contribution >= 0.6 is 0 Å². The number of carboxylic acid groups (broad SMARTS) is 1. The van der Waals surface area contributed by atoms with Crippen LogP contribution in [0.1, 0.15) is 18.4 Å². The van der Waals surface area contributed by atoms with Crippen LogP contribution in [-0.2, 0) is 31.7 Å². The molecule has 10 heteroatoms. The molecule has 0 unspecified atom stereocenters. The fourth-order valence-electron chi connectivity index (χ4n) is 2.69. The van der Waals surface area contributed by atoms with Crippen molar-refractivity contribution >= 4 is 28.8 Å². The lowest BCUT2D eigenvalue weighted by atomic mass is 10.2. The molecule has 0 saturated heterocycles. The van der Waals surface area contributed by atoms with Crippen molar-refractivity contribution in [2.45, 2.75) is 36.5 Å². The van der Waals surface area contributed by atoms with Gasteiger partial charge in [0.1, 0.15) is 12.6 Å². The molecule has 0 saturated carbocycles. The number of hydrogen-bond acceptors (Lipinski definition) is 6. The minimum atomic E-state index is -1.40. The zero-order valence-corrected chi connectivity index (χ0v) is 18.1. The number of nitrogens with one attached hydrogen (secondary N) is 2. The maximum Gasteiger partial charge on any atom is 0.407 e. The van der Waals surface area contributed by atoms with Crippen LogP contribution in [0.3, 0.4) is 0 Å². The minimum absolute atomic E-state index is 0.0390. The summed E-state index contributed by atoms with van der Waals surface area (Å²) >= 11 is 0. The van der Waals surface area contributed by atoms with E-state index in [0.29, 0.717) is 4.90 Å². The van der Waals surface area contributed by atoms with Crippen LogP contribution in [0, 0.1) is 0 Å². The fourth-order valence-corrected chi connectivity index (χ4v) is 3.83. The van der Waals surface area contributed by atoms with Crippen LogP contribution in [0.4, 0.5) is 4.79 Å². The van der Waals surface area contributed by atoms with Gasteiger partial charge >= 0.3 is 12.1 Å². The van der Waals surface area contributed by atoms with Gasteiger partial charge in [0.05, 0.1) is 23.3 Å². The number of rotatable bonds is 12. The highest BCUT2D eigenvalue weighted by Crippen LogP contribution is 2.08. The second-order valence-corrected chi connectivity index (χ2v) is 8.48. The largest absolute Gasteiger partial charge is 0.480 e. The molecular weight excluding hydrogens is 436 g/mol. The monoisotopic (exact) mass is 462 g/mol. The van der Waals surface area contributed by atoms with Gasteiger partial charge < -0.3 is 25.6 Å². The minimum Gasteiger partial charge on any atom is -0.480 e. The topological polar surface area (TPSA) is 142 Å². The number of benzene rings is 2. The molecule has 2 aromatic rings. The Hall–Kier alpha value is -3.24. The van der Waals surface area contributed by atoms with Gasteiger partial charge in [-0.15, -0.1) is 0 Å². The van der Waals surface area contributed by atoms with E-state index in [2.05, 4.69) is 10.6 Å². The van der Waals surface area contributed by atoms with Gasteiger partial charge in [-0.25, -0.2) is 9.59 Å². The van der Waals surface area contributed by atoms with Crippen molar-refractivity contribution in [2.24, 2.45) is 0 Å². The van der Waals surface area contributed by atoms with E-state index >= 15 is 0 Å². The van der Waals surface area contributed by atoms with Gasteiger partial charge in [0.15, 0.2) is 0 Å². The Bertz CT molecular complexity index is 909. The predicted molar refractivity (Wildman–Crippen MR) is 117 cm³/mol. The summed E-state index contributed by atoms with van der Waals surface area (Å²) in [5.74, 6) is -1.91. The smallest absolute Gasteiger partial charge is 0.407 e. The molecule has 0 heterocycles. The van der Waals surface area contributed by atoms with Crippen molar-refractivity contribution in [3.05, 3.63) is 66.2 Å². The number of aliphatic carboxylic acids is 1. The van der Waals surface area contributed by atoms with Crippen molar-refractivity contribution in [3.63, 3.8) is 0 Å². The average molecular weight is 463 g/mol.